The standard InChI is InChI=1S/C10H17N3OS2/c1-6(2)7(3)15-4-8-5-16-10(12-8)9(14)13-11/h5-7H,4,11H2,1-3H3,(H,13,14). The van der Waals surface area contributed by atoms with E-state index in [1.165, 1.54) is 11.3 Å². The van der Waals surface area contributed by atoms with Crippen LogP contribution in [0, 0.1) is 5.92 Å². The van der Waals surface area contributed by atoms with Gasteiger partial charge in [-0.05, 0) is 5.92 Å². The summed E-state index contributed by atoms with van der Waals surface area (Å²) in [6.07, 6.45) is 0. The SMILES string of the molecule is CC(C)C(C)SCc1csc(C(=O)NN)n1. The van der Waals surface area contributed by atoms with Crippen molar-refractivity contribution in [3.63, 3.8) is 0 Å². The van der Waals surface area contributed by atoms with E-state index in [1.54, 1.807) is 0 Å². The molecule has 0 fully saturated rings. The molecule has 0 aliphatic heterocycles. The summed E-state index contributed by atoms with van der Waals surface area (Å²) in [5.41, 5.74) is 3.03. The highest BCUT2D eigenvalue weighted by atomic mass is 32.2. The van der Waals surface area contributed by atoms with Crippen molar-refractivity contribution in [3.8, 4) is 0 Å². The Balaban J connectivity index is 2.49. The average Bonchev–Trinajstić information content (AvgIpc) is 2.73. The molecule has 1 heterocycles. The summed E-state index contributed by atoms with van der Waals surface area (Å²) in [4.78, 5) is 15.4. The first kappa shape index (κ1) is 13.5. The largest absolute Gasteiger partial charge is 0.294 e. The van der Waals surface area contributed by atoms with E-state index in [2.05, 4.69) is 31.2 Å². The average molecular weight is 259 g/mol. The minimum atomic E-state index is -0.321. The maximum absolute atomic E-state index is 11.2. The lowest BCUT2D eigenvalue weighted by atomic mass is 10.2. The van der Waals surface area contributed by atoms with Gasteiger partial charge in [0.25, 0.3) is 5.91 Å². The van der Waals surface area contributed by atoms with Crippen LogP contribution in [0.2, 0.25) is 0 Å². The van der Waals surface area contributed by atoms with Crippen molar-refractivity contribution in [1.29, 1.82) is 0 Å². The van der Waals surface area contributed by atoms with Gasteiger partial charge in [0.1, 0.15) is 0 Å². The number of rotatable bonds is 5. The van der Waals surface area contributed by atoms with E-state index in [9.17, 15) is 4.79 Å². The number of amides is 1. The number of hydrogen-bond donors (Lipinski definition) is 2. The summed E-state index contributed by atoms with van der Waals surface area (Å²) in [5, 5.41) is 2.92. The van der Waals surface area contributed by atoms with Crippen LogP contribution < -0.4 is 11.3 Å². The molecule has 0 saturated carbocycles. The third-order valence-electron chi connectivity index (χ3n) is 2.31. The number of nitrogens with one attached hydrogen (secondary N) is 1. The van der Waals surface area contributed by atoms with Crippen LogP contribution in [0.3, 0.4) is 0 Å². The maximum Gasteiger partial charge on any atom is 0.294 e. The lowest BCUT2D eigenvalue weighted by Gasteiger charge is -2.13. The van der Waals surface area contributed by atoms with E-state index >= 15 is 0 Å². The van der Waals surface area contributed by atoms with Gasteiger partial charge in [0.2, 0.25) is 0 Å². The molecule has 90 valence electrons. The van der Waals surface area contributed by atoms with Crippen molar-refractivity contribution in [1.82, 2.24) is 10.4 Å². The second-order valence-electron chi connectivity index (χ2n) is 3.88. The van der Waals surface area contributed by atoms with Gasteiger partial charge >= 0.3 is 0 Å². The molecule has 0 bridgehead atoms. The molecule has 0 spiro atoms. The fourth-order valence-corrected chi connectivity index (χ4v) is 2.74. The van der Waals surface area contributed by atoms with Crippen molar-refractivity contribution in [3.05, 3.63) is 16.1 Å². The van der Waals surface area contributed by atoms with Crippen LogP contribution in [-0.4, -0.2) is 16.1 Å². The number of hydrazine groups is 1. The first-order valence-corrected chi connectivity index (χ1v) is 7.04. The predicted octanol–water partition coefficient (Wildman–Crippen LogP) is 2.02. The lowest BCUT2D eigenvalue weighted by Crippen LogP contribution is -2.29. The minimum absolute atomic E-state index is 0.321. The Labute approximate surface area is 104 Å². The van der Waals surface area contributed by atoms with Gasteiger partial charge < -0.3 is 0 Å². The number of carbonyl (C=O) groups is 1. The number of hydrogen-bond acceptors (Lipinski definition) is 5. The number of carbonyl (C=O) groups excluding carboxylic acids is 1. The molecule has 6 heteroatoms. The Bertz CT molecular complexity index is 352. The van der Waals surface area contributed by atoms with Gasteiger partial charge in [0, 0.05) is 16.4 Å². The summed E-state index contributed by atoms with van der Waals surface area (Å²) in [6.45, 7) is 6.60. The molecule has 0 aromatic carbocycles. The van der Waals surface area contributed by atoms with Crippen LogP contribution in [0.15, 0.2) is 5.38 Å². The Morgan fingerprint density at radius 2 is 2.31 bits per heavy atom. The van der Waals surface area contributed by atoms with E-state index < -0.39 is 0 Å². The van der Waals surface area contributed by atoms with Gasteiger partial charge in [-0.2, -0.15) is 11.8 Å². The molecule has 0 radical (unpaired) electrons. The van der Waals surface area contributed by atoms with Gasteiger partial charge in [-0.1, -0.05) is 20.8 Å². The molecular weight excluding hydrogens is 242 g/mol. The molecule has 3 N–H and O–H groups in total. The van der Waals surface area contributed by atoms with Crippen LogP contribution in [0.25, 0.3) is 0 Å². The Morgan fingerprint density at radius 3 is 2.88 bits per heavy atom. The zero-order chi connectivity index (χ0) is 12.1. The van der Waals surface area contributed by atoms with Crippen molar-refractivity contribution in [2.24, 2.45) is 11.8 Å². The molecule has 4 nitrogen and oxygen atoms in total. The molecule has 1 atom stereocenters. The van der Waals surface area contributed by atoms with E-state index in [1.807, 2.05) is 17.1 Å². The molecule has 0 saturated heterocycles. The highest BCUT2D eigenvalue weighted by molar-refractivity contribution is 7.99. The topological polar surface area (TPSA) is 68.0 Å². The van der Waals surface area contributed by atoms with Gasteiger partial charge in [-0.25, -0.2) is 10.8 Å². The zero-order valence-electron chi connectivity index (χ0n) is 9.69. The Hall–Kier alpha value is -0.590. The summed E-state index contributed by atoms with van der Waals surface area (Å²) >= 11 is 3.18. The second kappa shape index (κ2) is 6.22. The van der Waals surface area contributed by atoms with Crippen LogP contribution in [-0.2, 0) is 5.75 Å². The summed E-state index contributed by atoms with van der Waals surface area (Å²) in [5.74, 6) is 6.21. The number of nitrogen functional groups attached to an aromatic ring is 1. The van der Waals surface area contributed by atoms with Crippen molar-refractivity contribution in [2.45, 2.75) is 31.8 Å². The number of thiazole rings is 1. The monoisotopic (exact) mass is 259 g/mol. The van der Waals surface area contributed by atoms with Crippen LogP contribution in [0.4, 0.5) is 0 Å². The van der Waals surface area contributed by atoms with E-state index in [-0.39, 0.29) is 5.91 Å². The first-order chi connectivity index (χ1) is 7.54. The summed E-state index contributed by atoms with van der Waals surface area (Å²) in [7, 11) is 0. The van der Waals surface area contributed by atoms with Crippen molar-refractivity contribution in [2.75, 3.05) is 0 Å². The molecular formula is C10H17N3OS2. The highest BCUT2D eigenvalue weighted by Crippen LogP contribution is 2.23. The lowest BCUT2D eigenvalue weighted by molar-refractivity contribution is 0.0953. The number of aromatic nitrogens is 1. The quantitative estimate of drug-likeness (QED) is 0.482. The normalized spacial score (nSPS) is 12.8. The molecule has 16 heavy (non-hydrogen) atoms. The maximum atomic E-state index is 11.2. The molecule has 0 aliphatic carbocycles. The third kappa shape index (κ3) is 3.77. The fraction of sp³-hybridized carbons (Fsp3) is 0.600. The van der Waals surface area contributed by atoms with Gasteiger partial charge in [0.05, 0.1) is 5.69 Å². The minimum Gasteiger partial charge on any atom is -0.288 e. The molecule has 1 aromatic rings. The molecule has 0 aliphatic rings. The van der Waals surface area contributed by atoms with Gasteiger partial charge in [-0.15, -0.1) is 11.3 Å². The van der Waals surface area contributed by atoms with E-state index in [0.717, 1.165) is 11.4 Å². The number of thioether (sulfide) groups is 1. The van der Waals surface area contributed by atoms with E-state index in [4.69, 9.17) is 5.84 Å². The Morgan fingerprint density at radius 1 is 1.62 bits per heavy atom. The highest BCUT2D eigenvalue weighted by Gasteiger charge is 2.12. The van der Waals surface area contributed by atoms with Crippen LogP contribution >= 0.6 is 23.1 Å². The summed E-state index contributed by atoms with van der Waals surface area (Å²) < 4.78 is 0. The molecule has 1 rings (SSSR count). The first-order valence-electron chi connectivity index (χ1n) is 5.11. The number of nitrogens with zero attached hydrogens (tertiary/aromatic N) is 1. The van der Waals surface area contributed by atoms with Gasteiger partial charge in [0.15, 0.2) is 5.01 Å². The molecule has 1 aromatic heterocycles. The fourth-order valence-electron chi connectivity index (χ4n) is 0.949. The van der Waals surface area contributed by atoms with Gasteiger partial charge in [-0.3, -0.25) is 10.2 Å². The number of nitrogens with two attached hydrogens (primary N) is 1. The zero-order valence-corrected chi connectivity index (χ0v) is 11.3. The summed E-state index contributed by atoms with van der Waals surface area (Å²) in [6, 6.07) is 0. The smallest absolute Gasteiger partial charge is 0.288 e. The third-order valence-corrected chi connectivity index (χ3v) is 4.73. The molecule has 1 unspecified atom stereocenters. The second-order valence-corrected chi connectivity index (χ2v) is 6.10. The van der Waals surface area contributed by atoms with Crippen molar-refractivity contribution < 1.29 is 4.79 Å². The van der Waals surface area contributed by atoms with Crippen LogP contribution in [0.1, 0.15) is 36.3 Å². The van der Waals surface area contributed by atoms with Crippen molar-refractivity contribution >= 4 is 29.0 Å². The predicted molar refractivity (Wildman–Crippen MR) is 69.4 cm³/mol. The molecule has 1 amide bonds. The van der Waals surface area contributed by atoms with Crippen LogP contribution in [0.5, 0.6) is 0 Å². The Kier molecular flexibility index (Phi) is 5.24. The van der Waals surface area contributed by atoms with E-state index in [0.29, 0.717) is 16.2 Å².